The summed E-state index contributed by atoms with van der Waals surface area (Å²) in [6.07, 6.45) is 1.94. The molecule has 5 rings (SSSR count). The minimum atomic E-state index is -1.54. The Hall–Kier alpha value is -3.23. The number of phenolic OH excluding ortho intramolecular Hbond substituents is 1. The van der Waals surface area contributed by atoms with Gasteiger partial charge < -0.3 is 30.3 Å². The van der Waals surface area contributed by atoms with Crippen molar-refractivity contribution in [3.8, 4) is 5.75 Å². The largest absolute Gasteiger partial charge is 1.00 e. The fourth-order valence-corrected chi connectivity index (χ4v) is 6.80. The topological polar surface area (TPSA) is 167 Å². The van der Waals surface area contributed by atoms with Gasteiger partial charge in [-0.2, -0.15) is 0 Å². The second-order valence-electron chi connectivity index (χ2n) is 9.55. The molecule has 3 aliphatic rings. The Balaban J connectivity index is 0.00000405. The van der Waals surface area contributed by atoms with Gasteiger partial charge in [-0.1, -0.05) is 12.1 Å². The van der Waals surface area contributed by atoms with E-state index in [1.807, 2.05) is 0 Å². The summed E-state index contributed by atoms with van der Waals surface area (Å²) in [7, 11) is 0. The molecule has 2 aromatic rings. The maximum absolute atomic E-state index is 13.0. The van der Waals surface area contributed by atoms with E-state index >= 15 is 0 Å². The van der Waals surface area contributed by atoms with E-state index < -0.39 is 35.2 Å². The Labute approximate surface area is 271 Å². The van der Waals surface area contributed by atoms with Crippen LogP contribution >= 0.6 is 23.5 Å². The van der Waals surface area contributed by atoms with Crippen molar-refractivity contribution >= 4 is 53.2 Å². The quantitative estimate of drug-likeness (QED) is 0.123. The van der Waals surface area contributed by atoms with Crippen molar-refractivity contribution in [2.24, 2.45) is 0 Å². The molecule has 0 aromatic heterocycles. The second kappa shape index (κ2) is 13.4. The number of allylic oxidation sites excluding steroid dienone is 1. The summed E-state index contributed by atoms with van der Waals surface area (Å²) in [6.45, 7) is 0.797. The van der Waals surface area contributed by atoms with Gasteiger partial charge in [-0.3, -0.25) is 19.3 Å². The third-order valence-corrected chi connectivity index (χ3v) is 9.16. The summed E-state index contributed by atoms with van der Waals surface area (Å²) in [6, 6.07) is 11.7. The van der Waals surface area contributed by atoms with Crippen LogP contribution in [0.5, 0.6) is 5.75 Å². The molecular formula is C28H24N3NaO8S2. The van der Waals surface area contributed by atoms with Crippen LogP contribution in [0.1, 0.15) is 22.3 Å². The van der Waals surface area contributed by atoms with Gasteiger partial charge in [0.25, 0.3) is 5.91 Å². The number of aliphatic carboxylic acids is 1. The number of carbonyl (C=O) groups excluding carboxylic acids is 4. The second-order valence-corrected chi connectivity index (χ2v) is 11.7. The fraction of sp³-hybridized carbons (Fsp3) is 0.250. The standard InChI is InChI=1S/C28H25N3O8S2.Na/c32-19-5-1-15(2-6-19)12-30-10-9-17(24(30)34)11-18-13-41-26-22(25(35)31(26)23(18)28(38)39)29-21(33)14-40-20-7-3-16(4-8-20)27(36)37;/h1-8,11,22,26,32H,9-10,12-14H2,(H,29,33)(H,36,37)(H,38,39);/q;+1/p-1/b17-11+;/t22-,26-;/m1./s1. The number of β-lactam (4-membered cyclic amide) rings is 1. The predicted octanol–water partition coefficient (Wildman–Crippen LogP) is -2.05. The number of fused-ring (bicyclic) bond motifs is 1. The predicted molar refractivity (Wildman–Crippen MR) is 147 cm³/mol. The number of carboxylic acid groups (broad SMARTS) is 2. The van der Waals surface area contributed by atoms with Crippen molar-refractivity contribution in [3.05, 3.63) is 82.6 Å². The molecule has 2 saturated heterocycles. The van der Waals surface area contributed by atoms with E-state index in [2.05, 4.69) is 5.32 Å². The van der Waals surface area contributed by atoms with Crippen LogP contribution in [0.2, 0.25) is 0 Å². The Kier molecular flexibility index (Phi) is 10.1. The molecule has 42 heavy (non-hydrogen) atoms. The number of carboxylic acids is 2. The van der Waals surface area contributed by atoms with Crippen LogP contribution in [0, 0.1) is 0 Å². The number of aromatic hydroxyl groups is 1. The monoisotopic (exact) mass is 617 g/mol. The Morgan fingerprint density at radius 2 is 1.79 bits per heavy atom. The molecule has 0 unspecified atom stereocenters. The van der Waals surface area contributed by atoms with Gasteiger partial charge in [0.1, 0.15) is 17.2 Å². The first-order valence-corrected chi connectivity index (χ1v) is 14.6. The van der Waals surface area contributed by atoms with Gasteiger partial charge in [0, 0.05) is 29.3 Å². The summed E-state index contributed by atoms with van der Waals surface area (Å²) in [5.41, 5.74) is 1.41. The molecule has 2 atom stereocenters. The van der Waals surface area contributed by atoms with Crippen molar-refractivity contribution in [1.29, 1.82) is 0 Å². The van der Waals surface area contributed by atoms with Crippen LogP contribution in [0.4, 0.5) is 0 Å². The molecule has 0 spiro atoms. The minimum Gasteiger partial charge on any atom is -0.543 e. The molecule has 0 radical (unpaired) electrons. The van der Waals surface area contributed by atoms with Gasteiger partial charge in [-0.05, 0) is 60.0 Å². The Morgan fingerprint density at radius 1 is 1.10 bits per heavy atom. The summed E-state index contributed by atoms with van der Waals surface area (Å²) in [5.74, 6) is -3.49. The molecule has 0 bridgehead atoms. The number of carbonyl (C=O) groups is 5. The van der Waals surface area contributed by atoms with E-state index in [1.165, 1.54) is 41.7 Å². The number of nitrogens with one attached hydrogen (secondary N) is 1. The van der Waals surface area contributed by atoms with Crippen LogP contribution in [-0.4, -0.2) is 79.1 Å². The zero-order valence-electron chi connectivity index (χ0n) is 22.4. The SMILES string of the molecule is O=C(CSc1ccc(C(=O)O)cc1)N[C@@H]1C(=O)N2C(C(=O)[O-])=C(/C=C3\CCN(Cc4ccc(O)cc4)C3=O)CS[C@H]12.[Na+]. The molecule has 212 valence electrons. The maximum Gasteiger partial charge on any atom is 1.00 e. The van der Waals surface area contributed by atoms with Crippen LogP contribution in [0.15, 0.2) is 76.3 Å². The number of rotatable bonds is 9. The van der Waals surface area contributed by atoms with E-state index in [0.29, 0.717) is 35.6 Å². The number of phenols is 1. The number of nitrogens with zero attached hydrogens (tertiary/aromatic N) is 2. The van der Waals surface area contributed by atoms with E-state index in [1.54, 1.807) is 41.3 Å². The maximum atomic E-state index is 13.0. The smallest absolute Gasteiger partial charge is 0.543 e. The van der Waals surface area contributed by atoms with Crippen LogP contribution in [-0.2, 0) is 25.7 Å². The first-order valence-electron chi connectivity index (χ1n) is 12.5. The normalized spacial score (nSPS) is 20.6. The zero-order chi connectivity index (χ0) is 29.3. The number of hydrogen-bond donors (Lipinski definition) is 3. The first-order chi connectivity index (χ1) is 19.6. The molecular weight excluding hydrogens is 593 g/mol. The number of hydrogen-bond acceptors (Lipinski definition) is 9. The van der Waals surface area contributed by atoms with Gasteiger partial charge in [0.2, 0.25) is 11.8 Å². The third kappa shape index (κ3) is 6.70. The van der Waals surface area contributed by atoms with Crippen molar-refractivity contribution in [3.63, 3.8) is 0 Å². The Bertz CT molecular complexity index is 1490. The van der Waals surface area contributed by atoms with E-state index in [-0.39, 0.29) is 64.0 Å². The average Bonchev–Trinajstić information content (AvgIpc) is 3.29. The molecule has 2 aromatic carbocycles. The molecule has 3 heterocycles. The summed E-state index contributed by atoms with van der Waals surface area (Å²) < 4.78 is 0. The number of amides is 3. The molecule has 3 amide bonds. The average molecular weight is 618 g/mol. The van der Waals surface area contributed by atoms with Gasteiger partial charge in [-0.15, -0.1) is 23.5 Å². The van der Waals surface area contributed by atoms with Crippen LogP contribution < -0.4 is 40.0 Å². The van der Waals surface area contributed by atoms with E-state index in [4.69, 9.17) is 5.11 Å². The zero-order valence-corrected chi connectivity index (χ0v) is 26.1. The van der Waals surface area contributed by atoms with E-state index in [0.717, 1.165) is 10.5 Å². The number of aromatic carboxylic acids is 1. The first kappa shape index (κ1) is 31.7. The van der Waals surface area contributed by atoms with Gasteiger partial charge in [0.15, 0.2) is 0 Å². The number of thioether (sulfide) groups is 2. The number of likely N-dealkylation sites (tertiary alicyclic amines) is 1. The van der Waals surface area contributed by atoms with Gasteiger partial charge in [-0.25, -0.2) is 4.79 Å². The fourth-order valence-electron chi connectivity index (χ4n) is 4.78. The van der Waals surface area contributed by atoms with Crippen LogP contribution in [0.25, 0.3) is 0 Å². The molecule has 11 nitrogen and oxygen atoms in total. The van der Waals surface area contributed by atoms with Crippen molar-refractivity contribution < 1.29 is 68.8 Å². The molecule has 0 saturated carbocycles. The third-order valence-electron chi connectivity index (χ3n) is 6.85. The minimum absolute atomic E-state index is 0. The molecule has 3 aliphatic heterocycles. The Morgan fingerprint density at radius 3 is 2.43 bits per heavy atom. The van der Waals surface area contributed by atoms with Crippen molar-refractivity contribution in [1.82, 2.24) is 15.1 Å². The van der Waals surface area contributed by atoms with Crippen LogP contribution in [0.3, 0.4) is 0 Å². The van der Waals surface area contributed by atoms with Crippen molar-refractivity contribution in [2.45, 2.75) is 29.3 Å². The van der Waals surface area contributed by atoms with Gasteiger partial charge in [0.05, 0.1) is 23.0 Å². The molecule has 2 fully saturated rings. The van der Waals surface area contributed by atoms with E-state index in [9.17, 15) is 34.2 Å². The summed E-state index contributed by atoms with van der Waals surface area (Å²) in [5, 5.41) is 32.6. The summed E-state index contributed by atoms with van der Waals surface area (Å²) in [4.78, 5) is 65.0. The molecule has 0 aliphatic carbocycles. The number of benzene rings is 2. The molecule has 3 N–H and O–H groups in total. The van der Waals surface area contributed by atoms with Gasteiger partial charge >= 0.3 is 35.5 Å². The summed E-state index contributed by atoms with van der Waals surface area (Å²) >= 11 is 2.47. The van der Waals surface area contributed by atoms with Crippen molar-refractivity contribution in [2.75, 3.05) is 18.1 Å². The molecule has 14 heteroatoms.